The Morgan fingerprint density at radius 1 is 1.45 bits per heavy atom. The van der Waals surface area contributed by atoms with Crippen molar-refractivity contribution >= 4 is 11.8 Å². The van der Waals surface area contributed by atoms with Crippen LogP contribution in [0.4, 0.5) is 16.2 Å². The number of anilines is 2. The molecule has 1 aromatic heterocycles. The summed E-state index contributed by atoms with van der Waals surface area (Å²) in [7, 11) is 2.12. The van der Waals surface area contributed by atoms with Crippen LogP contribution in [-0.2, 0) is 0 Å². The Hall–Kier alpha value is -1.43. The van der Waals surface area contributed by atoms with Crippen LogP contribution in [0.25, 0.3) is 0 Å². The molecule has 2 rings (SSSR count). The highest BCUT2D eigenvalue weighted by Gasteiger charge is 2.29. The highest BCUT2D eigenvalue weighted by Crippen LogP contribution is 2.27. The fourth-order valence-corrected chi connectivity index (χ4v) is 2.04. The second kappa shape index (κ2) is 6.83. The number of aromatic nitrogens is 2. The number of likely N-dealkylation sites (N-methyl/N-ethyl adjacent to an activating group) is 1. The van der Waals surface area contributed by atoms with Gasteiger partial charge in [0.25, 0.3) is 0 Å². The lowest BCUT2D eigenvalue weighted by Crippen LogP contribution is -2.36. The average Bonchev–Trinajstić information content (AvgIpc) is 3.28. The highest BCUT2D eigenvalue weighted by atomic mass is 19.1. The van der Waals surface area contributed by atoms with Crippen LogP contribution in [-0.4, -0.2) is 47.1 Å². The van der Waals surface area contributed by atoms with Crippen LogP contribution in [0.1, 0.15) is 33.1 Å². The Labute approximate surface area is 120 Å². The van der Waals surface area contributed by atoms with Gasteiger partial charge in [-0.2, -0.15) is 4.98 Å². The van der Waals surface area contributed by atoms with Crippen molar-refractivity contribution in [1.29, 1.82) is 0 Å². The average molecular weight is 281 g/mol. The van der Waals surface area contributed by atoms with E-state index in [2.05, 4.69) is 46.4 Å². The molecule has 1 aliphatic carbocycles. The molecular formula is C14H24FN5. The van der Waals surface area contributed by atoms with Crippen molar-refractivity contribution < 1.29 is 4.39 Å². The fourth-order valence-electron chi connectivity index (χ4n) is 2.04. The van der Waals surface area contributed by atoms with E-state index in [1.807, 2.05) is 0 Å². The lowest BCUT2D eigenvalue weighted by Gasteiger charge is -2.24. The minimum absolute atomic E-state index is 0.273. The molecule has 0 saturated heterocycles. The molecule has 1 atom stereocenters. The topological polar surface area (TPSA) is 53.1 Å². The summed E-state index contributed by atoms with van der Waals surface area (Å²) < 4.78 is 13.7. The van der Waals surface area contributed by atoms with Gasteiger partial charge in [-0.1, -0.05) is 6.92 Å². The first-order valence-electron chi connectivity index (χ1n) is 7.34. The van der Waals surface area contributed by atoms with E-state index in [1.54, 1.807) is 0 Å². The maximum Gasteiger partial charge on any atom is 0.224 e. The van der Waals surface area contributed by atoms with Gasteiger partial charge in [-0.25, -0.2) is 9.37 Å². The molecule has 0 amide bonds. The SMILES string of the molecule is CCCNc1ncc(F)c(NCC(C)N(C)C2CC2)n1. The predicted molar refractivity (Wildman–Crippen MR) is 79.5 cm³/mol. The molecule has 0 aliphatic heterocycles. The van der Waals surface area contributed by atoms with Gasteiger partial charge in [0.05, 0.1) is 6.20 Å². The van der Waals surface area contributed by atoms with Crippen molar-refractivity contribution in [2.24, 2.45) is 0 Å². The van der Waals surface area contributed by atoms with Crippen LogP contribution >= 0.6 is 0 Å². The normalized spacial score (nSPS) is 16.2. The highest BCUT2D eigenvalue weighted by molar-refractivity contribution is 5.41. The van der Waals surface area contributed by atoms with Gasteiger partial charge in [-0.3, -0.25) is 4.90 Å². The van der Waals surface area contributed by atoms with E-state index in [-0.39, 0.29) is 5.82 Å². The summed E-state index contributed by atoms with van der Waals surface area (Å²) >= 11 is 0. The van der Waals surface area contributed by atoms with Crippen LogP contribution in [0, 0.1) is 5.82 Å². The minimum atomic E-state index is -0.409. The Morgan fingerprint density at radius 3 is 2.85 bits per heavy atom. The number of hydrogen-bond acceptors (Lipinski definition) is 5. The second-order valence-corrected chi connectivity index (χ2v) is 5.44. The van der Waals surface area contributed by atoms with E-state index < -0.39 is 5.82 Å². The molecule has 6 heteroatoms. The van der Waals surface area contributed by atoms with E-state index in [0.29, 0.717) is 24.6 Å². The van der Waals surface area contributed by atoms with Crippen molar-refractivity contribution in [3.63, 3.8) is 0 Å². The van der Waals surface area contributed by atoms with Gasteiger partial charge in [0.1, 0.15) is 0 Å². The van der Waals surface area contributed by atoms with E-state index in [4.69, 9.17) is 0 Å². The van der Waals surface area contributed by atoms with Gasteiger partial charge in [-0.15, -0.1) is 0 Å². The number of nitrogens with zero attached hydrogens (tertiary/aromatic N) is 3. The molecule has 0 spiro atoms. The summed E-state index contributed by atoms with van der Waals surface area (Å²) in [5, 5.41) is 6.15. The molecule has 20 heavy (non-hydrogen) atoms. The van der Waals surface area contributed by atoms with Crippen molar-refractivity contribution in [3.8, 4) is 0 Å². The summed E-state index contributed by atoms with van der Waals surface area (Å²) in [5.41, 5.74) is 0. The van der Waals surface area contributed by atoms with E-state index in [9.17, 15) is 4.39 Å². The zero-order valence-corrected chi connectivity index (χ0v) is 12.5. The largest absolute Gasteiger partial charge is 0.366 e. The lowest BCUT2D eigenvalue weighted by molar-refractivity contribution is 0.257. The van der Waals surface area contributed by atoms with Crippen molar-refractivity contribution in [2.75, 3.05) is 30.8 Å². The Morgan fingerprint density at radius 2 is 2.20 bits per heavy atom. The molecule has 112 valence electrons. The molecule has 2 N–H and O–H groups in total. The first-order chi connectivity index (χ1) is 9.61. The van der Waals surface area contributed by atoms with Crippen molar-refractivity contribution in [1.82, 2.24) is 14.9 Å². The third-order valence-electron chi connectivity index (χ3n) is 3.66. The molecule has 1 heterocycles. The van der Waals surface area contributed by atoms with E-state index >= 15 is 0 Å². The summed E-state index contributed by atoms with van der Waals surface area (Å²) in [4.78, 5) is 10.4. The molecule has 1 aromatic rings. The van der Waals surface area contributed by atoms with Gasteiger partial charge in [-0.05, 0) is 33.2 Å². The predicted octanol–water partition coefficient (Wildman–Crippen LogP) is 2.33. The van der Waals surface area contributed by atoms with Gasteiger partial charge in [0.2, 0.25) is 5.95 Å². The lowest BCUT2D eigenvalue weighted by atomic mass is 10.3. The van der Waals surface area contributed by atoms with Gasteiger partial charge < -0.3 is 10.6 Å². The number of rotatable bonds is 8. The molecule has 1 aliphatic rings. The van der Waals surface area contributed by atoms with E-state index in [0.717, 1.165) is 13.0 Å². The standard InChI is InChI=1S/C14H24FN5/c1-4-7-16-14-18-9-12(15)13(19-14)17-8-10(2)20(3)11-5-6-11/h9-11H,4-8H2,1-3H3,(H2,16,17,18,19). The van der Waals surface area contributed by atoms with Crippen molar-refractivity contribution in [3.05, 3.63) is 12.0 Å². The van der Waals surface area contributed by atoms with Crippen LogP contribution in [0.2, 0.25) is 0 Å². The smallest absolute Gasteiger partial charge is 0.224 e. The van der Waals surface area contributed by atoms with Crippen LogP contribution in [0.15, 0.2) is 6.20 Å². The van der Waals surface area contributed by atoms with Gasteiger partial charge in [0.15, 0.2) is 11.6 Å². The van der Waals surface area contributed by atoms with Crippen LogP contribution < -0.4 is 10.6 Å². The quantitative estimate of drug-likeness (QED) is 0.766. The number of nitrogens with one attached hydrogen (secondary N) is 2. The third-order valence-corrected chi connectivity index (χ3v) is 3.66. The number of halogens is 1. The minimum Gasteiger partial charge on any atom is -0.366 e. The first-order valence-corrected chi connectivity index (χ1v) is 7.34. The third kappa shape index (κ3) is 4.03. The Bertz CT molecular complexity index is 436. The number of hydrogen-bond donors (Lipinski definition) is 2. The Balaban J connectivity index is 1.90. The maximum absolute atomic E-state index is 13.7. The molecule has 1 fully saturated rings. The van der Waals surface area contributed by atoms with Crippen LogP contribution in [0.5, 0.6) is 0 Å². The monoisotopic (exact) mass is 281 g/mol. The summed E-state index contributed by atoms with van der Waals surface area (Å²) in [6.45, 7) is 5.66. The van der Waals surface area contributed by atoms with E-state index in [1.165, 1.54) is 19.0 Å². The van der Waals surface area contributed by atoms with Gasteiger partial charge >= 0.3 is 0 Å². The zero-order valence-electron chi connectivity index (χ0n) is 12.5. The second-order valence-electron chi connectivity index (χ2n) is 5.44. The van der Waals surface area contributed by atoms with Crippen LogP contribution in [0.3, 0.4) is 0 Å². The van der Waals surface area contributed by atoms with Gasteiger partial charge in [0, 0.05) is 25.2 Å². The molecule has 1 unspecified atom stereocenters. The summed E-state index contributed by atoms with van der Waals surface area (Å²) in [6, 6.07) is 1.05. The summed E-state index contributed by atoms with van der Waals surface area (Å²) in [5.74, 6) is 0.335. The molecule has 5 nitrogen and oxygen atoms in total. The zero-order chi connectivity index (χ0) is 14.5. The molecule has 1 saturated carbocycles. The fraction of sp³-hybridized carbons (Fsp3) is 0.714. The first kappa shape index (κ1) is 15.0. The summed E-state index contributed by atoms with van der Waals surface area (Å²) in [6.07, 6.45) is 4.73. The molecule has 0 aromatic carbocycles. The van der Waals surface area contributed by atoms with Crippen molar-refractivity contribution in [2.45, 2.75) is 45.2 Å². The Kier molecular flexibility index (Phi) is 5.11. The maximum atomic E-state index is 13.7. The molecule has 0 bridgehead atoms. The molecule has 0 radical (unpaired) electrons. The molecular weight excluding hydrogens is 257 g/mol.